The highest BCUT2D eigenvalue weighted by Crippen LogP contribution is 2.23. The molecule has 1 aromatic heterocycles. The zero-order chi connectivity index (χ0) is 15.6. The fourth-order valence-corrected chi connectivity index (χ4v) is 2.74. The first-order valence-electron chi connectivity index (χ1n) is 7.89. The summed E-state index contributed by atoms with van der Waals surface area (Å²) in [7, 11) is 0. The lowest BCUT2D eigenvalue weighted by molar-refractivity contribution is 0.425. The van der Waals surface area contributed by atoms with Crippen molar-refractivity contribution in [2.24, 2.45) is 0 Å². The lowest BCUT2D eigenvalue weighted by Crippen LogP contribution is -2.34. The molecule has 1 N–H and O–H groups in total. The molecule has 0 fully saturated rings. The Labute approximate surface area is 132 Å². The average Bonchev–Trinajstić information content (AvgIpc) is 2.84. The Kier molecular flexibility index (Phi) is 4.04. The van der Waals surface area contributed by atoms with Gasteiger partial charge in [-0.3, -0.25) is 0 Å². The molecular formula is C20H24N2. The Morgan fingerprint density at radius 1 is 0.909 bits per heavy atom. The number of hydrogen-bond acceptors (Lipinski definition) is 1. The molecule has 2 nitrogen and oxygen atoms in total. The third kappa shape index (κ3) is 3.40. The Morgan fingerprint density at radius 3 is 2.32 bits per heavy atom. The van der Waals surface area contributed by atoms with Gasteiger partial charge in [0.25, 0.3) is 0 Å². The number of para-hydroxylation sites is 1. The SMILES string of the molecule is CC(C)(C)NCc1cn(Cc2ccccc2)c2ccccc12. The first kappa shape index (κ1) is 14.9. The summed E-state index contributed by atoms with van der Waals surface area (Å²) in [6, 6.07) is 19.3. The van der Waals surface area contributed by atoms with Crippen molar-refractivity contribution >= 4 is 10.9 Å². The van der Waals surface area contributed by atoms with E-state index in [1.165, 1.54) is 22.0 Å². The molecule has 3 aromatic rings. The van der Waals surface area contributed by atoms with E-state index in [-0.39, 0.29) is 5.54 Å². The lowest BCUT2D eigenvalue weighted by Gasteiger charge is -2.20. The zero-order valence-corrected chi connectivity index (χ0v) is 13.6. The predicted molar refractivity (Wildman–Crippen MR) is 94.1 cm³/mol. The van der Waals surface area contributed by atoms with E-state index in [9.17, 15) is 0 Å². The zero-order valence-electron chi connectivity index (χ0n) is 13.6. The van der Waals surface area contributed by atoms with E-state index in [4.69, 9.17) is 0 Å². The molecule has 2 aromatic carbocycles. The third-order valence-electron chi connectivity index (χ3n) is 3.88. The minimum atomic E-state index is 0.128. The number of benzene rings is 2. The molecule has 22 heavy (non-hydrogen) atoms. The molecule has 0 unspecified atom stereocenters. The van der Waals surface area contributed by atoms with Crippen molar-refractivity contribution in [3.8, 4) is 0 Å². The van der Waals surface area contributed by atoms with E-state index in [2.05, 4.69) is 91.4 Å². The summed E-state index contributed by atoms with van der Waals surface area (Å²) < 4.78 is 2.35. The highest BCUT2D eigenvalue weighted by atomic mass is 15.0. The normalized spacial score (nSPS) is 12.0. The van der Waals surface area contributed by atoms with Crippen LogP contribution in [0.4, 0.5) is 0 Å². The highest BCUT2D eigenvalue weighted by molar-refractivity contribution is 5.84. The number of aromatic nitrogens is 1. The van der Waals surface area contributed by atoms with Gasteiger partial charge in [-0.2, -0.15) is 0 Å². The second kappa shape index (κ2) is 5.98. The minimum absolute atomic E-state index is 0.128. The van der Waals surface area contributed by atoms with Gasteiger partial charge in [-0.25, -0.2) is 0 Å². The highest BCUT2D eigenvalue weighted by Gasteiger charge is 2.12. The van der Waals surface area contributed by atoms with Gasteiger partial charge in [0.2, 0.25) is 0 Å². The van der Waals surface area contributed by atoms with Crippen molar-refractivity contribution < 1.29 is 0 Å². The summed E-state index contributed by atoms with van der Waals surface area (Å²) in [5.41, 5.74) is 4.12. The van der Waals surface area contributed by atoms with Crippen molar-refractivity contribution in [1.82, 2.24) is 9.88 Å². The Morgan fingerprint density at radius 2 is 1.59 bits per heavy atom. The smallest absolute Gasteiger partial charge is 0.0486 e. The fourth-order valence-electron chi connectivity index (χ4n) is 2.74. The third-order valence-corrected chi connectivity index (χ3v) is 3.88. The predicted octanol–water partition coefficient (Wildman–Crippen LogP) is 4.58. The van der Waals surface area contributed by atoms with Gasteiger partial charge in [0, 0.05) is 35.7 Å². The molecule has 3 rings (SSSR count). The van der Waals surface area contributed by atoms with Crippen molar-refractivity contribution in [1.29, 1.82) is 0 Å². The van der Waals surface area contributed by atoms with Crippen LogP contribution in [0.2, 0.25) is 0 Å². The van der Waals surface area contributed by atoms with Gasteiger partial charge in [-0.1, -0.05) is 48.5 Å². The van der Waals surface area contributed by atoms with Crippen LogP contribution in [0.5, 0.6) is 0 Å². The van der Waals surface area contributed by atoms with Crippen LogP contribution in [0.1, 0.15) is 31.9 Å². The topological polar surface area (TPSA) is 17.0 Å². The molecule has 0 radical (unpaired) electrons. The standard InChI is InChI=1S/C20H24N2/c1-20(2,3)21-13-17-15-22(14-16-9-5-4-6-10-16)19-12-8-7-11-18(17)19/h4-12,15,21H,13-14H2,1-3H3. The first-order valence-corrected chi connectivity index (χ1v) is 7.89. The van der Waals surface area contributed by atoms with E-state index in [0.29, 0.717) is 0 Å². The van der Waals surface area contributed by atoms with Gasteiger partial charge in [0.05, 0.1) is 0 Å². The summed E-state index contributed by atoms with van der Waals surface area (Å²) in [5, 5.41) is 4.94. The van der Waals surface area contributed by atoms with Gasteiger partial charge in [0.1, 0.15) is 0 Å². The monoisotopic (exact) mass is 292 g/mol. The van der Waals surface area contributed by atoms with Crippen molar-refractivity contribution in [2.45, 2.75) is 39.4 Å². The molecule has 114 valence electrons. The van der Waals surface area contributed by atoms with Gasteiger partial charge < -0.3 is 9.88 Å². The van der Waals surface area contributed by atoms with Crippen LogP contribution in [-0.2, 0) is 13.1 Å². The van der Waals surface area contributed by atoms with Crippen LogP contribution in [0.3, 0.4) is 0 Å². The summed E-state index contributed by atoms with van der Waals surface area (Å²) in [4.78, 5) is 0. The Bertz CT molecular complexity index is 748. The molecule has 0 saturated carbocycles. The van der Waals surface area contributed by atoms with Crippen LogP contribution in [0.15, 0.2) is 60.8 Å². The van der Waals surface area contributed by atoms with Crippen LogP contribution < -0.4 is 5.32 Å². The summed E-state index contributed by atoms with van der Waals surface area (Å²) in [5.74, 6) is 0. The van der Waals surface area contributed by atoms with Crippen LogP contribution in [0.25, 0.3) is 10.9 Å². The fraction of sp³-hybridized carbons (Fsp3) is 0.300. The number of nitrogens with zero attached hydrogens (tertiary/aromatic N) is 1. The molecule has 0 spiro atoms. The van der Waals surface area contributed by atoms with Crippen LogP contribution in [0, 0.1) is 0 Å². The molecule has 0 amide bonds. The minimum Gasteiger partial charge on any atom is -0.343 e. The van der Waals surface area contributed by atoms with E-state index >= 15 is 0 Å². The van der Waals surface area contributed by atoms with E-state index in [0.717, 1.165) is 13.1 Å². The molecule has 0 aliphatic rings. The maximum Gasteiger partial charge on any atom is 0.0486 e. The van der Waals surface area contributed by atoms with E-state index in [1.807, 2.05) is 0 Å². The quantitative estimate of drug-likeness (QED) is 0.745. The van der Waals surface area contributed by atoms with E-state index in [1.54, 1.807) is 0 Å². The molecular weight excluding hydrogens is 268 g/mol. The summed E-state index contributed by atoms with van der Waals surface area (Å²) >= 11 is 0. The average molecular weight is 292 g/mol. The summed E-state index contributed by atoms with van der Waals surface area (Å²) in [6.07, 6.45) is 2.29. The van der Waals surface area contributed by atoms with Gasteiger partial charge in [-0.15, -0.1) is 0 Å². The number of hydrogen-bond donors (Lipinski definition) is 1. The Hall–Kier alpha value is -2.06. The van der Waals surface area contributed by atoms with Gasteiger partial charge in [-0.05, 0) is 38.0 Å². The largest absolute Gasteiger partial charge is 0.343 e. The first-order chi connectivity index (χ1) is 10.5. The molecule has 0 aliphatic carbocycles. The maximum atomic E-state index is 3.59. The molecule has 1 heterocycles. The number of fused-ring (bicyclic) bond motifs is 1. The van der Waals surface area contributed by atoms with Crippen LogP contribution in [-0.4, -0.2) is 10.1 Å². The second-order valence-corrected chi connectivity index (χ2v) is 6.89. The number of nitrogens with one attached hydrogen (secondary N) is 1. The van der Waals surface area contributed by atoms with E-state index < -0.39 is 0 Å². The lowest BCUT2D eigenvalue weighted by atomic mass is 10.1. The van der Waals surface area contributed by atoms with Crippen molar-refractivity contribution in [3.63, 3.8) is 0 Å². The Balaban J connectivity index is 1.94. The molecule has 0 atom stereocenters. The van der Waals surface area contributed by atoms with Gasteiger partial charge in [0.15, 0.2) is 0 Å². The molecule has 0 saturated heterocycles. The van der Waals surface area contributed by atoms with Crippen LogP contribution >= 0.6 is 0 Å². The molecule has 2 heteroatoms. The van der Waals surface area contributed by atoms with Gasteiger partial charge >= 0.3 is 0 Å². The second-order valence-electron chi connectivity index (χ2n) is 6.89. The number of rotatable bonds is 4. The van der Waals surface area contributed by atoms with Crippen molar-refractivity contribution in [2.75, 3.05) is 0 Å². The van der Waals surface area contributed by atoms with Crippen molar-refractivity contribution in [3.05, 3.63) is 71.9 Å². The summed E-state index contributed by atoms with van der Waals surface area (Å²) in [6.45, 7) is 8.42. The molecule has 0 bridgehead atoms. The molecule has 0 aliphatic heterocycles. The maximum absolute atomic E-state index is 3.59.